The molecule has 130 valence electrons. The highest BCUT2D eigenvalue weighted by molar-refractivity contribution is 7.17. The highest BCUT2D eigenvalue weighted by atomic mass is 32.1. The molecule has 0 amide bonds. The number of hydrogen-bond acceptors (Lipinski definition) is 4. The maximum absolute atomic E-state index is 14.1. The summed E-state index contributed by atoms with van der Waals surface area (Å²) < 4.78 is 19.1. The molecule has 26 heavy (non-hydrogen) atoms. The molecule has 0 radical (unpaired) electrons. The Bertz CT molecular complexity index is 1170. The largest absolute Gasteiger partial charge is 0.506 e. The molecule has 0 fully saturated rings. The Morgan fingerprint density at radius 3 is 2.58 bits per heavy atom. The maximum atomic E-state index is 14.1. The zero-order valence-electron chi connectivity index (χ0n) is 13.7. The molecule has 0 aliphatic heterocycles. The second-order valence-corrected chi connectivity index (χ2v) is 6.63. The first kappa shape index (κ1) is 16.4. The molecule has 0 saturated carbocycles. The van der Waals surface area contributed by atoms with Crippen molar-refractivity contribution in [3.63, 3.8) is 0 Å². The van der Waals surface area contributed by atoms with Gasteiger partial charge in [0.25, 0.3) is 5.56 Å². The average Bonchev–Trinajstić information content (AvgIpc) is 3.06. The van der Waals surface area contributed by atoms with Crippen LogP contribution in [0.1, 0.15) is 0 Å². The summed E-state index contributed by atoms with van der Waals surface area (Å²) in [5.74, 6) is -0.449. The highest BCUT2D eigenvalue weighted by Crippen LogP contribution is 2.42. The Balaban J connectivity index is 1.99. The molecule has 0 atom stereocenters. The van der Waals surface area contributed by atoms with Crippen LogP contribution in [-0.4, -0.2) is 17.2 Å². The van der Waals surface area contributed by atoms with Gasteiger partial charge < -0.3 is 14.8 Å². The average molecular weight is 367 g/mol. The van der Waals surface area contributed by atoms with Crippen LogP contribution >= 0.6 is 11.3 Å². The second-order valence-electron chi connectivity index (χ2n) is 5.75. The normalized spacial score (nSPS) is 11.0. The van der Waals surface area contributed by atoms with Crippen LogP contribution in [-0.2, 0) is 0 Å². The van der Waals surface area contributed by atoms with E-state index in [9.17, 15) is 14.3 Å². The molecule has 0 bridgehead atoms. The minimum Gasteiger partial charge on any atom is -0.506 e. The molecule has 4 aromatic rings. The van der Waals surface area contributed by atoms with Gasteiger partial charge in [0.2, 0.25) is 0 Å². The number of thiophene rings is 1. The molecule has 2 heterocycles. The van der Waals surface area contributed by atoms with Crippen LogP contribution in [0.2, 0.25) is 0 Å². The summed E-state index contributed by atoms with van der Waals surface area (Å²) in [7, 11) is 1.40. The Morgan fingerprint density at radius 2 is 1.88 bits per heavy atom. The Morgan fingerprint density at radius 1 is 1.12 bits per heavy atom. The number of benzene rings is 2. The number of fused-ring (bicyclic) bond motifs is 1. The van der Waals surface area contributed by atoms with Gasteiger partial charge in [-0.1, -0.05) is 36.4 Å². The summed E-state index contributed by atoms with van der Waals surface area (Å²) in [4.78, 5) is 15.8. The van der Waals surface area contributed by atoms with E-state index in [0.717, 1.165) is 0 Å². The molecule has 4 rings (SSSR count). The lowest BCUT2D eigenvalue weighted by molar-refractivity contribution is 0.386. The number of methoxy groups -OCH3 is 1. The second kappa shape index (κ2) is 6.31. The fraction of sp³-hybridized carbons (Fsp3) is 0.0500. The third-order valence-electron chi connectivity index (χ3n) is 4.24. The van der Waals surface area contributed by atoms with E-state index in [-0.39, 0.29) is 22.6 Å². The van der Waals surface area contributed by atoms with Gasteiger partial charge >= 0.3 is 0 Å². The van der Waals surface area contributed by atoms with Crippen LogP contribution in [0.25, 0.3) is 32.5 Å². The lowest BCUT2D eigenvalue weighted by Crippen LogP contribution is -2.08. The van der Waals surface area contributed by atoms with Gasteiger partial charge in [0.05, 0.1) is 18.1 Å². The summed E-state index contributed by atoms with van der Waals surface area (Å²) in [5.41, 5.74) is 1.70. The van der Waals surface area contributed by atoms with Crippen molar-refractivity contribution < 1.29 is 14.2 Å². The quantitative estimate of drug-likeness (QED) is 0.548. The molecule has 6 heteroatoms. The third-order valence-corrected chi connectivity index (χ3v) is 5.14. The number of pyridine rings is 1. The summed E-state index contributed by atoms with van der Waals surface area (Å²) in [5, 5.41) is 13.1. The molecule has 0 aliphatic rings. The Hall–Kier alpha value is -3.12. The molecule has 2 aromatic carbocycles. The van der Waals surface area contributed by atoms with E-state index in [1.807, 2.05) is 6.07 Å². The van der Waals surface area contributed by atoms with Crippen LogP contribution in [0.4, 0.5) is 4.39 Å². The van der Waals surface area contributed by atoms with Crippen molar-refractivity contribution in [2.24, 2.45) is 0 Å². The molecule has 0 saturated heterocycles. The number of aromatic nitrogens is 1. The number of aromatic hydroxyl groups is 1. The minimum absolute atomic E-state index is 0.109. The number of hydrogen-bond donors (Lipinski definition) is 2. The van der Waals surface area contributed by atoms with Crippen LogP contribution < -0.4 is 10.3 Å². The predicted octanol–water partition coefficient (Wildman–Crippen LogP) is 4.78. The fourth-order valence-corrected chi connectivity index (χ4v) is 3.97. The maximum Gasteiger partial charge on any atom is 0.260 e. The van der Waals surface area contributed by atoms with Gasteiger partial charge in [-0.15, -0.1) is 11.3 Å². The van der Waals surface area contributed by atoms with Crippen molar-refractivity contribution in [1.29, 1.82) is 0 Å². The van der Waals surface area contributed by atoms with E-state index in [2.05, 4.69) is 4.98 Å². The standard InChI is InChI=1S/C20H14FNO3S/c1-25-15-8-7-12(9-14(15)21)13-10-26-20-17(13)18(23)16(19(24)22-20)11-5-3-2-4-6-11/h2-10H,1H3,(H2,22,23,24). The van der Waals surface area contributed by atoms with Gasteiger partial charge in [0, 0.05) is 10.9 Å². The van der Waals surface area contributed by atoms with E-state index in [1.165, 1.54) is 30.6 Å². The van der Waals surface area contributed by atoms with E-state index < -0.39 is 5.82 Å². The van der Waals surface area contributed by atoms with Crippen LogP contribution in [0.15, 0.2) is 58.7 Å². The Kier molecular flexibility index (Phi) is 3.97. The molecule has 0 spiro atoms. The molecular weight excluding hydrogens is 353 g/mol. The zero-order valence-corrected chi connectivity index (χ0v) is 14.6. The Labute approximate surface area is 152 Å². The molecule has 2 N–H and O–H groups in total. The van der Waals surface area contributed by atoms with Gasteiger partial charge in [-0.2, -0.15) is 0 Å². The third kappa shape index (κ3) is 2.55. The first-order chi connectivity index (χ1) is 12.6. The van der Waals surface area contributed by atoms with E-state index in [4.69, 9.17) is 4.74 Å². The highest BCUT2D eigenvalue weighted by Gasteiger charge is 2.19. The van der Waals surface area contributed by atoms with Gasteiger partial charge in [-0.25, -0.2) is 4.39 Å². The van der Waals surface area contributed by atoms with E-state index in [1.54, 1.807) is 35.7 Å². The predicted molar refractivity (Wildman–Crippen MR) is 101 cm³/mol. The van der Waals surface area contributed by atoms with Gasteiger partial charge in [0.15, 0.2) is 11.6 Å². The van der Waals surface area contributed by atoms with Gasteiger partial charge in [0.1, 0.15) is 10.6 Å². The SMILES string of the molecule is COc1ccc(-c2csc3[nH]c(=O)c(-c4ccccc4)c(O)c23)cc1F. The van der Waals surface area contributed by atoms with Crippen molar-refractivity contribution >= 4 is 21.6 Å². The van der Waals surface area contributed by atoms with E-state index >= 15 is 0 Å². The van der Waals surface area contributed by atoms with Crippen molar-refractivity contribution in [3.8, 4) is 33.8 Å². The summed E-state index contributed by atoms with van der Waals surface area (Å²) >= 11 is 1.29. The molecule has 2 aromatic heterocycles. The summed E-state index contributed by atoms with van der Waals surface area (Å²) in [6.07, 6.45) is 0. The molecule has 0 unspecified atom stereocenters. The molecule has 4 nitrogen and oxygen atoms in total. The van der Waals surface area contributed by atoms with E-state index in [0.29, 0.717) is 26.9 Å². The smallest absolute Gasteiger partial charge is 0.260 e. The monoisotopic (exact) mass is 367 g/mol. The molecule has 0 aliphatic carbocycles. The van der Waals surface area contributed by atoms with Crippen molar-refractivity contribution in [1.82, 2.24) is 4.98 Å². The fourth-order valence-electron chi connectivity index (χ4n) is 3.00. The van der Waals surface area contributed by atoms with Crippen LogP contribution in [0.3, 0.4) is 0 Å². The topological polar surface area (TPSA) is 62.3 Å². The first-order valence-electron chi connectivity index (χ1n) is 7.86. The van der Waals surface area contributed by atoms with Gasteiger partial charge in [-0.3, -0.25) is 4.79 Å². The minimum atomic E-state index is -0.489. The lowest BCUT2D eigenvalue weighted by Gasteiger charge is -2.08. The number of ether oxygens (including phenoxy) is 1. The number of rotatable bonds is 3. The number of H-pyrrole nitrogens is 1. The van der Waals surface area contributed by atoms with Crippen molar-refractivity contribution in [3.05, 3.63) is 70.1 Å². The number of nitrogens with one attached hydrogen (secondary N) is 1. The van der Waals surface area contributed by atoms with Crippen LogP contribution in [0.5, 0.6) is 11.5 Å². The molecular formula is C20H14FNO3S. The summed E-state index contributed by atoms with van der Waals surface area (Å²) in [6, 6.07) is 13.6. The number of halogens is 1. The van der Waals surface area contributed by atoms with Crippen molar-refractivity contribution in [2.45, 2.75) is 0 Å². The first-order valence-corrected chi connectivity index (χ1v) is 8.74. The zero-order chi connectivity index (χ0) is 18.3. The van der Waals surface area contributed by atoms with Crippen molar-refractivity contribution in [2.75, 3.05) is 7.11 Å². The number of aromatic amines is 1. The summed E-state index contributed by atoms with van der Waals surface area (Å²) in [6.45, 7) is 0. The van der Waals surface area contributed by atoms with Gasteiger partial charge in [-0.05, 0) is 23.3 Å². The lowest BCUT2D eigenvalue weighted by atomic mass is 10.0. The van der Waals surface area contributed by atoms with Crippen LogP contribution in [0, 0.1) is 5.82 Å².